The first-order chi connectivity index (χ1) is 13.8. The predicted octanol–water partition coefficient (Wildman–Crippen LogP) is 1.04. The molecule has 29 heavy (non-hydrogen) atoms. The van der Waals surface area contributed by atoms with Crippen LogP contribution in [0.2, 0.25) is 0 Å². The van der Waals surface area contributed by atoms with Crippen molar-refractivity contribution in [1.29, 1.82) is 0 Å². The zero-order valence-electron chi connectivity index (χ0n) is 16.6. The Bertz CT molecular complexity index is 1250. The van der Waals surface area contributed by atoms with Crippen LogP contribution in [0, 0.1) is 0 Å². The molecule has 0 amide bonds. The third-order valence-electron chi connectivity index (χ3n) is 4.93. The van der Waals surface area contributed by atoms with Gasteiger partial charge >= 0.3 is 5.69 Å². The minimum absolute atomic E-state index is 0.0106. The number of rotatable bonds is 7. The van der Waals surface area contributed by atoms with E-state index in [0.717, 1.165) is 16.8 Å². The third kappa shape index (κ3) is 4.10. The van der Waals surface area contributed by atoms with Crippen LogP contribution in [0.15, 0.2) is 63.0 Å². The summed E-state index contributed by atoms with van der Waals surface area (Å²) in [6.45, 7) is 3.47. The van der Waals surface area contributed by atoms with Crippen molar-refractivity contribution in [2.45, 2.75) is 11.8 Å². The van der Waals surface area contributed by atoms with Crippen LogP contribution in [0.1, 0.15) is 6.92 Å². The summed E-state index contributed by atoms with van der Waals surface area (Å²) >= 11 is 0. The quantitative estimate of drug-likeness (QED) is 0.621. The van der Waals surface area contributed by atoms with E-state index >= 15 is 0 Å². The lowest BCUT2D eigenvalue weighted by atomic mass is 10.2. The topological polar surface area (TPSA) is 93.4 Å². The van der Waals surface area contributed by atoms with Gasteiger partial charge in [-0.3, -0.25) is 13.9 Å². The fraction of sp³-hybridized carbons (Fsp3) is 0.300. The number of hydrogen-bond donors (Lipinski definition) is 1. The minimum atomic E-state index is -3.80. The van der Waals surface area contributed by atoms with E-state index in [0.29, 0.717) is 12.1 Å². The molecular formula is C20H24N4O4S. The molecule has 0 aliphatic carbocycles. The molecule has 0 aliphatic rings. The number of aromatic nitrogens is 2. The lowest BCUT2D eigenvalue weighted by molar-refractivity contribution is 0.581. The molecule has 0 radical (unpaired) electrons. The lowest BCUT2D eigenvalue weighted by Crippen LogP contribution is -2.37. The van der Waals surface area contributed by atoms with Gasteiger partial charge in [0.15, 0.2) is 0 Å². The second-order valence-electron chi connectivity index (χ2n) is 6.70. The van der Waals surface area contributed by atoms with Crippen LogP contribution in [-0.2, 0) is 24.1 Å². The molecule has 3 rings (SSSR count). The van der Waals surface area contributed by atoms with E-state index in [1.165, 1.54) is 29.8 Å². The molecule has 0 unspecified atom stereocenters. The van der Waals surface area contributed by atoms with Gasteiger partial charge in [0.1, 0.15) is 0 Å². The molecule has 2 aromatic carbocycles. The molecule has 0 bridgehead atoms. The number of benzene rings is 2. The first-order valence-corrected chi connectivity index (χ1v) is 10.7. The maximum absolute atomic E-state index is 12.7. The summed E-state index contributed by atoms with van der Waals surface area (Å²) in [6, 6.07) is 13.9. The lowest BCUT2D eigenvalue weighted by Gasteiger charge is -2.23. The number of anilines is 1. The van der Waals surface area contributed by atoms with Crippen LogP contribution in [0.4, 0.5) is 5.69 Å². The monoisotopic (exact) mass is 416 g/mol. The number of sulfonamides is 1. The standard InChI is InChI=1S/C20H24N4O4S/c1-4-24(15-8-6-5-7-9-15)13-12-21-29(27,28)16-10-11-18-17(14-16)19(25)23(3)20(26)22(18)2/h5-11,14,21H,4,12-13H2,1-3H3. The SMILES string of the molecule is CCN(CCNS(=O)(=O)c1ccc2c(c1)c(=O)n(C)c(=O)n2C)c1ccccc1. The molecule has 9 heteroatoms. The van der Waals surface area contributed by atoms with Gasteiger partial charge in [0.05, 0.1) is 15.8 Å². The molecule has 1 aromatic heterocycles. The van der Waals surface area contributed by atoms with Crippen molar-refractivity contribution in [3.05, 3.63) is 69.4 Å². The Balaban J connectivity index is 1.83. The molecule has 0 spiro atoms. The molecule has 0 saturated carbocycles. The van der Waals surface area contributed by atoms with E-state index in [1.54, 1.807) is 7.05 Å². The number of nitrogens with zero attached hydrogens (tertiary/aromatic N) is 3. The highest BCUT2D eigenvalue weighted by Crippen LogP contribution is 2.16. The van der Waals surface area contributed by atoms with Gasteiger partial charge in [0.2, 0.25) is 10.0 Å². The average molecular weight is 417 g/mol. The largest absolute Gasteiger partial charge is 0.370 e. The normalized spacial score (nSPS) is 11.7. The molecule has 154 valence electrons. The molecule has 0 atom stereocenters. The predicted molar refractivity (Wildman–Crippen MR) is 114 cm³/mol. The van der Waals surface area contributed by atoms with Crippen molar-refractivity contribution in [1.82, 2.24) is 13.9 Å². The van der Waals surface area contributed by atoms with Crippen molar-refractivity contribution in [3.63, 3.8) is 0 Å². The van der Waals surface area contributed by atoms with Gasteiger partial charge < -0.3 is 4.90 Å². The van der Waals surface area contributed by atoms with E-state index in [4.69, 9.17) is 0 Å². The Morgan fingerprint density at radius 1 is 1.00 bits per heavy atom. The molecule has 0 fully saturated rings. The van der Waals surface area contributed by atoms with Crippen LogP contribution in [0.25, 0.3) is 10.9 Å². The highest BCUT2D eigenvalue weighted by molar-refractivity contribution is 7.89. The van der Waals surface area contributed by atoms with E-state index in [1.807, 2.05) is 37.3 Å². The van der Waals surface area contributed by atoms with Crippen LogP contribution in [0.5, 0.6) is 0 Å². The van der Waals surface area contributed by atoms with Crippen molar-refractivity contribution in [2.24, 2.45) is 14.1 Å². The molecule has 8 nitrogen and oxygen atoms in total. The smallest absolute Gasteiger partial charge is 0.330 e. The van der Waals surface area contributed by atoms with Crippen LogP contribution in [-0.4, -0.2) is 37.2 Å². The fourth-order valence-electron chi connectivity index (χ4n) is 3.25. The van der Waals surface area contributed by atoms with Gasteiger partial charge in [-0.25, -0.2) is 17.9 Å². The van der Waals surface area contributed by atoms with Gasteiger partial charge in [-0.1, -0.05) is 18.2 Å². The number of fused-ring (bicyclic) bond motifs is 1. The summed E-state index contributed by atoms with van der Waals surface area (Å²) in [7, 11) is -0.894. The van der Waals surface area contributed by atoms with E-state index in [2.05, 4.69) is 9.62 Å². The fourth-order valence-corrected chi connectivity index (χ4v) is 4.30. The highest BCUT2D eigenvalue weighted by Gasteiger charge is 2.17. The average Bonchev–Trinajstić information content (AvgIpc) is 2.74. The van der Waals surface area contributed by atoms with Gasteiger partial charge in [-0.05, 0) is 37.3 Å². The zero-order chi connectivity index (χ0) is 21.2. The first kappa shape index (κ1) is 20.8. The Labute approximate surface area is 169 Å². The number of hydrogen-bond acceptors (Lipinski definition) is 5. The Morgan fingerprint density at radius 2 is 1.69 bits per heavy atom. The molecule has 0 aliphatic heterocycles. The van der Waals surface area contributed by atoms with Gasteiger partial charge in [0.25, 0.3) is 5.56 Å². The van der Waals surface area contributed by atoms with Crippen molar-refractivity contribution in [2.75, 3.05) is 24.5 Å². The summed E-state index contributed by atoms with van der Waals surface area (Å²) in [5.41, 5.74) is 0.417. The summed E-state index contributed by atoms with van der Waals surface area (Å²) in [5.74, 6) is 0. The summed E-state index contributed by atoms with van der Waals surface area (Å²) < 4.78 is 30.3. The van der Waals surface area contributed by atoms with E-state index in [9.17, 15) is 18.0 Å². The van der Waals surface area contributed by atoms with Gasteiger partial charge in [-0.2, -0.15) is 0 Å². The van der Waals surface area contributed by atoms with Crippen molar-refractivity contribution < 1.29 is 8.42 Å². The number of aryl methyl sites for hydroxylation is 1. The molecular weight excluding hydrogens is 392 g/mol. The summed E-state index contributed by atoms with van der Waals surface area (Å²) in [6.07, 6.45) is 0. The molecule has 1 heterocycles. The molecule has 1 N–H and O–H groups in total. The Morgan fingerprint density at radius 3 is 2.34 bits per heavy atom. The molecule has 3 aromatic rings. The zero-order valence-corrected chi connectivity index (χ0v) is 17.4. The maximum Gasteiger partial charge on any atom is 0.330 e. The first-order valence-electron chi connectivity index (χ1n) is 9.25. The summed E-state index contributed by atoms with van der Waals surface area (Å²) in [5, 5.41) is 0.178. The second kappa shape index (κ2) is 8.22. The van der Waals surface area contributed by atoms with E-state index < -0.39 is 21.3 Å². The van der Waals surface area contributed by atoms with Crippen LogP contribution in [0.3, 0.4) is 0 Å². The Kier molecular flexibility index (Phi) is 5.90. The number of nitrogens with one attached hydrogen (secondary N) is 1. The summed E-state index contributed by atoms with van der Waals surface area (Å²) in [4.78, 5) is 26.5. The van der Waals surface area contributed by atoms with Crippen LogP contribution >= 0.6 is 0 Å². The van der Waals surface area contributed by atoms with Gasteiger partial charge in [0, 0.05) is 39.4 Å². The van der Waals surface area contributed by atoms with Gasteiger partial charge in [-0.15, -0.1) is 0 Å². The minimum Gasteiger partial charge on any atom is -0.370 e. The van der Waals surface area contributed by atoms with E-state index in [-0.39, 0.29) is 16.8 Å². The number of likely N-dealkylation sites (N-methyl/N-ethyl adjacent to an activating group) is 1. The maximum atomic E-state index is 12.7. The Hall–Kier alpha value is -2.91. The van der Waals surface area contributed by atoms with Crippen molar-refractivity contribution in [3.8, 4) is 0 Å². The third-order valence-corrected chi connectivity index (χ3v) is 6.38. The highest BCUT2D eigenvalue weighted by atomic mass is 32.2. The number of para-hydroxylation sites is 1. The molecule has 0 saturated heterocycles. The second-order valence-corrected chi connectivity index (χ2v) is 8.46. The van der Waals surface area contributed by atoms with Crippen LogP contribution < -0.4 is 20.9 Å². The van der Waals surface area contributed by atoms with Crippen molar-refractivity contribution >= 4 is 26.6 Å².